The fourth-order valence-corrected chi connectivity index (χ4v) is 1.32. The number of nitrogens with one attached hydrogen (secondary N) is 1. The van der Waals surface area contributed by atoms with Gasteiger partial charge in [0, 0.05) is 6.54 Å². The van der Waals surface area contributed by atoms with Gasteiger partial charge in [0.15, 0.2) is 0 Å². The first-order valence-electron chi connectivity index (χ1n) is 4.21. The Morgan fingerprint density at radius 2 is 2.17 bits per heavy atom. The lowest BCUT2D eigenvalue weighted by Gasteiger charge is -2.01. The van der Waals surface area contributed by atoms with E-state index in [-0.39, 0.29) is 11.6 Å². The maximum absolute atomic E-state index is 11.1. The molecule has 0 fully saturated rings. The average Bonchev–Trinajstić information content (AvgIpc) is 2.28. The maximum atomic E-state index is 11.1. The van der Waals surface area contributed by atoms with Gasteiger partial charge in [-0.3, -0.25) is 9.55 Å². The number of nitrogens with zero attached hydrogens (tertiary/aromatic N) is 1. The van der Waals surface area contributed by atoms with E-state index in [1.165, 1.54) is 0 Å². The molecule has 0 unspecified atom stereocenters. The molecule has 1 rings (SSSR count). The number of aromatic amines is 1. The van der Waals surface area contributed by atoms with E-state index >= 15 is 0 Å². The van der Waals surface area contributed by atoms with Gasteiger partial charge in [0.2, 0.25) is 5.88 Å². The Kier molecular flexibility index (Phi) is 2.58. The molecule has 2 N–H and O–H groups in total. The van der Waals surface area contributed by atoms with Crippen LogP contribution < -0.4 is 5.69 Å². The van der Waals surface area contributed by atoms with Crippen LogP contribution in [-0.2, 0) is 13.0 Å². The SMILES string of the molecule is CCCc1c(O)[nH]c(=O)n1CC. The molecular weight excluding hydrogens is 156 g/mol. The zero-order chi connectivity index (χ0) is 9.14. The molecule has 0 atom stereocenters. The molecule has 1 heterocycles. The lowest BCUT2D eigenvalue weighted by atomic mass is 10.2. The van der Waals surface area contributed by atoms with Crippen LogP contribution in [0.1, 0.15) is 26.0 Å². The van der Waals surface area contributed by atoms with Crippen molar-refractivity contribution in [3.8, 4) is 5.88 Å². The van der Waals surface area contributed by atoms with Crippen molar-refractivity contribution in [2.45, 2.75) is 33.2 Å². The number of aromatic hydroxyl groups is 1. The number of aromatic nitrogens is 2. The van der Waals surface area contributed by atoms with Crippen molar-refractivity contribution in [1.82, 2.24) is 9.55 Å². The van der Waals surface area contributed by atoms with Gasteiger partial charge in [0.25, 0.3) is 0 Å². The first-order valence-corrected chi connectivity index (χ1v) is 4.21. The predicted molar refractivity (Wildman–Crippen MR) is 46.4 cm³/mol. The average molecular weight is 170 g/mol. The Bertz CT molecular complexity index is 311. The van der Waals surface area contributed by atoms with E-state index in [4.69, 9.17) is 0 Å². The minimum atomic E-state index is -0.224. The minimum absolute atomic E-state index is 0.0173. The molecular formula is C8H14N2O2. The molecule has 0 aliphatic carbocycles. The van der Waals surface area contributed by atoms with Crippen molar-refractivity contribution in [1.29, 1.82) is 0 Å². The van der Waals surface area contributed by atoms with E-state index in [0.29, 0.717) is 12.2 Å². The third kappa shape index (κ3) is 1.37. The van der Waals surface area contributed by atoms with Gasteiger partial charge in [-0.05, 0) is 13.3 Å². The summed E-state index contributed by atoms with van der Waals surface area (Å²) in [5.41, 5.74) is 0.489. The quantitative estimate of drug-likeness (QED) is 0.706. The molecule has 1 aromatic rings. The molecule has 0 spiro atoms. The number of hydrogen-bond donors (Lipinski definition) is 2. The Labute approximate surface area is 70.9 Å². The molecule has 0 aliphatic heterocycles. The van der Waals surface area contributed by atoms with E-state index in [1.54, 1.807) is 4.57 Å². The minimum Gasteiger partial charge on any atom is -0.493 e. The van der Waals surface area contributed by atoms with E-state index in [9.17, 15) is 9.90 Å². The van der Waals surface area contributed by atoms with Crippen molar-refractivity contribution in [2.75, 3.05) is 0 Å². The Morgan fingerprint density at radius 3 is 2.67 bits per heavy atom. The second-order valence-corrected chi connectivity index (χ2v) is 2.72. The van der Waals surface area contributed by atoms with E-state index in [2.05, 4.69) is 4.98 Å². The second kappa shape index (κ2) is 3.47. The molecule has 4 heteroatoms. The van der Waals surface area contributed by atoms with Gasteiger partial charge in [-0.2, -0.15) is 0 Å². The highest BCUT2D eigenvalue weighted by Crippen LogP contribution is 2.12. The summed E-state index contributed by atoms with van der Waals surface area (Å²) in [6, 6.07) is 0. The van der Waals surface area contributed by atoms with Crippen molar-refractivity contribution < 1.29 is 5.11 Å². The topological polar surface area (TPSA) is 58.0 Å². The van der Waals surface area contributed by atoms with Gasteiger partial charge in [0.05, 0.1) is 5.69 Å². The zero-order valence-electron chi connectivity index (χ0n) is 7.42. The van der Waals surface area contributed by atoms with Crippen LogP contribution in [0.4, 0.5) is 0 Å². The van der Waals surface area contributed by atoms with Gasteiger partial charge in [0.1, 0.15) is 0 Å². The van der Waals surface area contributed by atoms with Crippen LogP contribution in [0.3, 0.4) is 0 Å². The normalized spacial score (nSPS) is 10.5. The lowest BCUT2D eigenvalue weighted by Crippen LogP contribution is -2.17. The van der Waals surface area contributed by atoms with Crippen molar-refractivity contribution >= 4 is 0 Å². The molecule has 0 radical (unpaired) electrons. The van der Waals surface area contributed by atoms with Crippen molar-refractivity contribution in [3.63, 3.8) is 0 Å². The third-order valence-corrected chi connectivity index (χ3v) is 1.87. The summed E-state index contributed by atoms with van der Waals surface area (Å²) in [6.07, 6.45) is 1.66. The third-order valence-electron chi connectivity index (χ3n) is 1.87. The van der Waals surface area contributed by atoms with Crippen molar-refractivity contribution in [2.24, 2.45) is 0 Å². The van der Waals surface area contributed by atoms with E-state index in [0.717, 1.165) is 12.8 Å². The molecule has 0 saturated carbocycles. The summed E-state index contributed by atoms with van der Waals surface area (Å²) < 4.78 is 1.55. The second-order valence-electron chi connectivity index (χ2n) is 2.72. The smallest absolute Gasteiger partial charge is 0.328 e. The molecule has 12 heavy (non-hydrogen) atoms. The molecule has 0 amide bonds. The summed E-state index contributed by atoms with van der Waals surface area (Å²) in [5.74, 6) is 0.0173. The van der Waals surface area contributed by atoms with Gasteiger partial charge in [-0.1, -0.05) is 13.3 Å². The zero-order valence-corrected chi connectivity index (χ0v) is 7.42. The number of imidazole rings is 1. The highest BCUT2D eigenvalue weighted by Gasteiger charge is 2.09. The predicted octanol–water partition coefficient (Wildman–Crippen LogP) is 0.854. The number of rotatable bonds is 3. The van der Waals surface area contributed by atoms with Crippen LogP contribution in [0.2, 0.25) is 0 Å². The van der Waals surface area contributed by atoms with Crippen LogP contribution in [0.25, 0.3) is 0 Å². The van der Waals surface area contributed by atoms with E-state index in [1.807, 2.05) is 13.8 Å². The first-order chi connectivity index (χ1) is 5.70. The summed E-state index contributed by atoms with van der Waals surface area (Å²) in [6.45, 7) is 4.50. The summed E-state index contributed by atoms with van der Waals surface area (Å²) in [7, 11) is 0. The monoisotopic (exact) mass is 170 g/mol. The molecule has 0 bridgehead atoms. The molecule has 0 saturated heterocycles. The molecule has 68 valence electrons. The fraction of sp³-hybridized carbons (Fsp3) is 0.625. The summed E-state index contributed by atoms with van der Waals surface area (Å²) in [5, 5.41) is 9.30. The molecule has 1 aromatic heterocycles. The van der Waals surface area contributed by atoms with Gasteiger partial charge in [-0.15, -0.1) is 0 Å². The van der Waals surface area contributed by atoms with E-state index < -0.39 is 0 Å². The Balaban J connectivity index is 3.13. The largest absolute Gasteiger partial charge is 0.493 e. The number of H-pyrrole nitrogens is 1. The van der Waals surface area contributed by atoms with Crippen LogP contribution in [0.5, 0.6) is 5.88 Å². The van der Waals surface area contributed by atoms with Gasteiger partial charge in [-0.25, -0.2) is 4.79 Å². The standard InChI is InChI=1S/C8H14N2O2/c1-3-5-6-7(11)9-8(12)10(6)4-2/h11H,3-5H2,1-2H3,(H,9,12). The number of hydrogen-bond acceptors (Lipinski definition) is 2. The highest BCUT2D eigenvalue weighted by molar-refractivity contribution is 5.17. The molecule has 4 nitrogen and oxygen atoms in total. The Morgan fingerprint density at radius 1 is 1.50 bits per heavy atom. The van der Waals surface area contributed by atoms with Crippen LogP contribution in [0.15, 0.2) is 4.79 Å². The highest BCUT2D eigenvalue weighted by atomic mass is 16.3. The van der Waals surface area contributed by atoms with Crippen molar-refractivity contribution in [3.05, 3.63) is 16.2 Å². The molecule has 0 aromatic carbocycles. The van der Waals surface area contributed by atoms with Crippen LogP contribution in [-0.4, -0.2) is 14.7 Å². The maximum Gasteiger partial charge on any atom is 0.328 e. The Hall–Kier alpha value is -1.19. The first kappa shape index (κ1) is 8.90. The fourth-order valence-electron chi connectivity index (χ4n) is 1.32. The summed E-state index contributed by atoms with van der Waals surface area (Å²) in [4.78, 5) is 13.5. The van der Waals surface area contributed by atoms with Crippen LogP contribution in [0, 0.1) is 0 Å². The van der Waals surface area contributed by atoms with Gasteiger partial charge < -0.3 is 5.11 Å². The van der Waals surface area contributed by atoms with Crippen LogP contribution >= 0.6 is 0 Å². The van der Waals surface area contributed by atoms with Gasteiger partial charge >= 0.3 is 5.69 Å². The summed E-state index contributed by atoms with van der Waals surface area (Å²) >= 11 is 0. The lowest BCUT2D eigenvalue weighted by molar-refractivity contribution is 0.446. The molecule has 0 aliphatic rings.